The van der Waals surface area contributed by atoms with Crippen molar-refractivity contribution < 1.29 is 9.59 Å². The molecule has 2 amide bonds. The van der Waals surface area contributed by atoms with Gasteiger partial charge in [-0.05, 0) is 67.0 Å². The van der Waals surface area contributed by atoms with Gasteiger partial charge in [0.1, 0.15) is 0 Å². The first kappa shape index (κ1) is 21.8. The van der Waals surface area contributed by atoms with E-state index in [1.165, 1.54) is 5.56 Å². The maximum Gasteiger partial charge on any atom is 0.255 e. The smallest absolute Gasteiger partial charge is 0.255 e. The Morgan fingerprint density at radius 1 is 0.719 bits per heavy atom. The third-order valence-corrected chi connectivity index (χ3v) is 6.09. The van der Waals surface area contributed by atoms with E-state index in [1.807, 2.05) is 71.6 Å². The number of carbonyl (C=O) groups is 2. The molecular formula is C28H30N2O2. The van der Waals surface area contributed by atoms with Gasteiger partial charge in [0, 0.05) is 30.8 Å². The number of nitrogens with one attached hydrogen (secondary N) is 1. The zero-order chi connectivity index (χ0) is 22.2. The SMILES string of the molecule is O=C(Nc1ccc(CCC(=O)N2CCCC2)cc1)c1ccccc1CCc1ccccc1. The van der Waals surface area contributed by atoms with E-state index in [-0.39, 0.29) is 11.8 Å². The van der Waals surface area contributed by atoms with Crippen molar-refractivity contribution in [2.75, 3.05) is 18.4 Å². The number of benzene rings is 3. The summed E-state index contributed by atoms with van der Waals surface area (Å²) in [6, 6.07) is 25.9. The van der Waals surface area contributed by atoms with Gasteiger partial charge in [0.2, 0.25) is 5.91 Å². The maximum absolute atomic E-state index is 12.9. The second kappa shape index (κ2) is 10.8. The molecule has 0 aliphatic carbocycles. The van der Waals surface area contributed by atoms with Gasteiger partial charge in [-0.25, -0.2) is 0 Å². The van der Waals surface area contributed by atoms with Gasteiger partial charge in [-0.2, -0.15) is 0 Å². The maximum atomic E-state index is 12.9. The van der Waals surface area contributed by atoms with Crippen molar-refractivity contribution in [3.63, 3.8) is 0 Å². The lowest BCUT2D eigenvalue weighted by atomic mass is 9.99. The lowest BCUT2D eigenvalue weighted by molar-refractivity contribution is -0.130. The number of rotatable bonds is 8. The monoisotopic (exact) mass is 426 g/mol. The van der Waals surface area contributed by atoms with Gasteiger partial charge in [-0.3, -0.25) is 9.59 Å². The molecule has 3 aromatic rings. The predicted octanol–water partition coefficient (Wildman–Crippen LogP) is 5.28. The highest BCUT2D eigenvalue weighted by Gasteiger charge is 2.17. The summed E-state index contributed by atoms with van der Waals surface area (Å²) < 4.78 is 0. The van der Waals surface area contributed by atoms with Crippen LogP contribution in [0.5, 0.6) is 0 Å². The Morgan fingerprint density at radius 2 is 1.38 bits per heavy atom. The van der Waals surface area contributed by atoms with Crippen LogP contribution in [0.3, 0.4) is 0 Å². The lowest BCUT2D eigenvalue weighted by Gasteiger charge is -2.15. The van der Waals surface area contributed by atoms with Crippen molar-refractivity contribution in [2.45, 2.75) is 38.5 Å². The van der Waals surface area contributed by atoms with E-state index in [0.717, 1.165) is 62.0 Å². The first-order valence-corrected chi connectivity index (χ1v) is 11.5. The molecule has 4 heteroatoms. The molecule has 164 valence electrons. The molecule has 1 saturated heterocycles. The minimum Gasteiger partial charge on any atom is -0.343 e. The van der Waals surface area contributed by atoms with Crippen LogP contribution in [-0.4, -0.2) is 29.8 Å². The molecule has 0 radical (unpaired) electrons. The first-order valence-electron chi connectivity index (χ1n) is 11.5. The number of anilines is 1. The van der Waals surface area contributed by atoms with Crippen molar-refractivity contribution in [3.8, 4) is 0 Å². The van der Waals surface area contributed by atoms with Crippen LogP contribution in [0.2, 0.25) is 0 Å². The van der Waals surface area contributed by atoms with Gasteiger partial charge in [0.05, 0.1) is 0 Å². The van der Waals surface area contributed by atoms with E-state index in [9.17, 15) is 9.59 Å². The van der Waals surface area contributed by atoms with E-state index >= 15 is 0 Å². The number of likely N-dealkylation sites (tertiary alicyclic amines) is 1. The minimum absolute atomic E-state index is 0.0920. The number of hydrogen-bond donors (Lipinski definition) is 1. The third-order valence-electron chi connectivity index (χ3n) is 6.09. The Balaban J connectivity index is 1.33. The molecular weight excluding hydrogens is 396 g/mol. The van der Waals surface area contributed by atoms with E-state index in [1.54, 1.807) is 0 Å². The third kappa shape index (κ3) is 5.85. The molecule has 1 aliphatic rings. The van der Waals surface area contributed by atoms with Crippen molar-refractivity contribution in [1.82, 2.24) is 4.90 Å². The van der Waals surface area contributed by atoms with Gasteiger partial charge in [0.15, 0.2) is 0 Å². The minimum atomic E-state index is -0.0920. The fourth-order valence-electron chi connectivity index (χ4n) is 4.21. The summed E-state index contributed by atoms with van der Waals surface area (Å²) in [4.78, 5) is 27.1. The second-order valence-corrected chi connectivity index (χ2v) is 8.38. The van der Waals surface area contributed by atoms with Crippen LogP contribution in [0, 0.1) is 0 Å². The van der Waals surface area contributed by atoms with Crippen LogP contribution < -0.4 is 5.32 Å². The van der Waals surface area contributed by atoms with Gasteiger partial charge in [-0.1, -0.05) is 60.7 Å². The van der Waals surface area contributed by atoms with Crippen LogP contribution in [0.1, 0.15) is 46.3 Å². The van der Waals surface area contributed by atoms with Crippen LogP contribution in [0.4, 0.5) is 5.69 Å². The zero-order valence-electron chi connectivity index (χ0n) is 18.4. The quantitative estimate of drug-likeness (QED) is 0.533. The fourth-order valence-corrected chi connectivity index (χ4v) is 4.21. The molecule has 1 aliphatic heterocycles. The van der Waals surface area contributed by atoms with Crippen molar-refractivity contribution in [1.29, 1.82) is 0 Å². The van der Waals surface area contributed by atoms with Crippen LogP contribution >= 0.6 is 0 Å². The summed E-state index contributed by atoms with van der Waals surface area (Å²) >= 11 is 0. The highest BCUT2D eigenvalue weighted by atomic mass is 16.2. The molecule has 0 atom stereocenters. The highest BCUT2D eigenvalue weighted by Crippen LogP contribution is 2.17. The summed E-state index contributed by atoms with van der Waals surface area (Å²) in [7, 11) is 0. The van der Waals surface area contributed by atoms with Crippen LogP contribution in [0.25, 0.3) is 0 Å². The Hall–Kier alpha value is -3.40. The Labute approximate surface area is 190 Å². The average molecular weight is 427 g/mol. The first-order chi connectivity index (χ1) is 15.7. The van der Waals surface area contributed by atoms with E-state index < -0.39 is 0 Å². The molecule has 0 saturated carbocycles. The summed E-state index contributed by atoms with van der Waals surface area (Å²) in [5.74, 6) is 0.151. The molecule has 4 nitrogen and oxygen atoms in total. The summed E-state index contributed by atoms with van der Waals surface area (Å²) in [6.07, 6.45) is 5.23. The molecule has 0 bridgehead atoms. The van der Waals surface area contributed by atoms with E-state index in [2.05, 4.69) is 17.4 Å². The molecule has 0 aromatic heterocycles. The molecule has 4 rings (SSSR count). The Morgan fingerprint density at radius 3 is 2.12 bits per heavy atom. The molecule has 0 unspecified atom stereocenters. The van der Waals surface area contributed by atoms with Gasteiger partial charge in [-0.15, -0.1) is 0 Å². The summed E-state index contributed by atoms with van der Waals surface area (Å²) in [5.41, 5.74) is 4.90. The van der Waals surface area contributed by atoms with Crippen molar-refractivity contribution in [2.24, 2.45) is 0 Å². The molecule has 3 aromatic carbocycles. The van der Waals surface area contributed by atoms with Gasteiger partial charge in [0.25, 0.3) is 5.91 Å². The summed E-state index contributed by atoms with van der Waals surface area (Å²) in [5, 5.41) is 3.02. The average Bonchev–Trinajstić information content (AvgIpc) is 3.38. The van der Waals surface area contributed by atoms with Crippen molar-refractivity contribution in [3.05, 3.63) is 101 Å². The lowest BCUT2D eigenvalue weighted by Crippen LogP contribution is -2.27. The number of carbonyl (C=O) groups excluding carboxylic acids is 2. The molecule has 1 heterocycles. The number of nitrogens with zero attached hydrogens (tertiary/aromatic N) is 1. The topological polar surface area (TPSA) is 49.4 Å². The number of amides is 2. The normalized spacial score (nSPS) is 13.2. The predicted molar refractivity (Wildman–Crippen MR) is 129 cm³/mol. The standard InChI is InChI=1S/C28H30N2O2/c31-27(30-20-6-7-21-30)19-15-23-13-17-25(18-14-23)29-28(32)26-11-5-4-10-24(26)16-12-22-8-2-1-3-9-22/h1-5,8-11,13-14,17-18H,6-7,12,15-16,19-21H2,(H,29,32). The fraction of sp³-hybridized carbons (Fsp3) is 0.286. The number of hydrogen-bond acceptors (Lipinski definition) is 2. The van der Waals surface area contributed by atoms with Gasteiger partial charge >= 0.3 is 0 Å². The van der Waals surface area contributed by atoms with E-state index in [0.29, 0.717) is 12.0 Å². The van der Waals surface area contributed by atoms with E-state index in [4.69, 9.17) is 0 Å². The molecule has 1 fully saturated rings. The Bertz CT molecular complexity index is 1040. The zero-order valence-corrected chi connectivity index (χ0v) is 18.4. The Kier molecular flexibility index (Phi) is 7.34. The molecule has 32 heavy (non-hydrogen) atoms. The second-order valence-electron chi connectivity index (χ2n) is 8.38. The largest absolute Gasteiger partial charge is 0.343 e. The van der Waals surface area contributed by atoms with Crippen LogP contribution in [0.15, 0.2) is 78.9 Å². The highest BCUT2D eigenvalue weighted by molar-refractivity contribution is 6.05. The van der Waals surface area contributed by atoms with Crippen LogP contribution in [-0.2, 0) is 24.1 Å². The summed E-state index contributed by atoms with van der Waals surface area (Å²) in [6.45, 7) is 1.80. The van der Waals surface area contributed by atoms with Crippen molar-refractivity contribution >= 4 is 17.5 Å². The number of aryl methyl sites for hydroxylation is 3. The van der Waals surface area contributed by atoms with Gasteiger partial charge < -0.3 is 10.2 Å². The molecule has 1 N–H and O–H groups in total. The molecule has 0 spiro atoms.